The van der Waals surface area contributed by atoms with Crippen LogP contribution in [0.15, 0.2) is 12.3 Å². The minimum absolute atomic E-state index is 0.0589. The van der Waals surface area contributed by atoms with Gasteiger partial charge in [0, 0.05) is 6.20 Å². The van der Waals surface area contributed by atoms with Gasteiger partial charge in [0.15, 0.2) is 23.6 Å². The Kier molecular flexibility index (Phi) is 10.2. The van der Waals surface area contributed by atoms with Crippen molar-refractivity contribution in [2.75, 3.05) is 13.2 Å². The number of carbonyl (C=O) groups excluding carboxylic acids is 5. The number of nitrogens with one attached hydrogen (secondary N) is 1. The summed E-state index contributed by atoms with van der Waals surface area (Å²) < 4.78 is 26.1. The fourth-order valence-electron chi connectivity index (χ4n) is 3.37. The molecule has 4 unspecified atom stereocenters. The van der Waals surface area contributed by atoms with Crippen LogP contribution >= 0.6 is 0 Å². The molecule has 1 N–H and O–H groups in total. The summed E-state index contributed by atoms with van der Waals surface area (Å²) in [5.41, 5.74) is 0.131. The van der Waals surface area contributed by atoms with Gasteiger partial charge in [0.25, 0.3) is 5.91 Å². The van der Waals surface area contributed by atoms with E-state index >= 15 is 0 Å². The van der Waals surface area contributed by atoms with Crippen molar-refractivity contribution >= 4 is 30.0 Å². The second kappa shape index (κ2) is 12.8. The number of cyclic esters (lactones) is 2. The summed E-state index contributed by atoms with van der Waals surface area (Å²) in [6.45, 7) is 9.19. The maximum absolute atomic E-state index is 13.0. The van der Waals surface area contributed by atoms with E-state index in [9.17, 15) is 24.0 Å². The number of aromatic nitrogens is 1. The molecule has 2 heterocycles. The van der Waals surface area contributed by atoms with Gasteiger partial charge in [-0.05, 0) is 38.8 Å². The highest BCUT2D eigenvalue weighted by Gasteiger charge is 2.41. The van der Waals surface area contributed by atoms with Gasteiger partial charge in [-0.1, -0.05) is 20.8 Å². The number of carbonyl (C=O) groups is 5. The average Bonchev–Trinajstić information content (AvgIpc) is 2.85. The lowest BCUT2D eigenvalue weighted by Gasteiger charge is -2.29. The molecule has 12 nitrogen and oxygen atoms in total. The Balaban J connectivity index is 2.27. The molecule has 1 fully saturated rings. The van der Waals surface area contributed by atoms with Gasteiger partial charge >= 0.3 is 24.1 Å². The minimum atomic E-state index is -1.40. The Bertz CT molecular complexity index is 993. The molecular formula is C24H32N2O10. The van der Waals surface area contributed by atoms with Crippen molar-refractivity contribution in [2.24, 2.45) is 11.8 Å². The third-order valence-electron chi connectivity index (χ3n) is 5.37. The first-order valence-corrected chi connectivity index (χ1v) is 11.7. The van der Waals surface area contributed by atoms with Crippen LogP contribution in [0.3, 0.4) is 0 Å². The highest BCUT2D eigenvalue weighted by atomic mass is 16.7. The van der Waals surface area contributed by atoms with Gasteiger partial charge in [0.2, 0.25) is 0 Å². The zero-order valence-corrected chi connectivity index (χ0v) is 21.2. The Hall–Kier alpha value is -3.70. The molecule has 36 heavy (non-hydrogen) atoms. The first kappa shape index (κ1) is 28.5. The smallest absolute Gasteiger partial charge is 0.463 e. The summed E-state index contributed by atoms with van der Waals surface area (Å²) in [5, 5.41) is 2.41. The number of hydrogen-bond donors (Lipinski definition) is 1. The first-order chi connectivity index (χ1) is 17.0. The molecule has 1 aromatic heterocycles. The quantitative estimate of drug-likeness (QED) is 0.425. The largest absolute Gasteiger partial charge is 0.513 e. The fourth-order valence-corrected chi connectivity index (χ4v) is 3.37. The number of amides is 1. The van der Waals surface area contributed by atoms with E-state index in [1.54, 1.807) is 34.6 Å². The SMILES string of the molecule is CCOC(=O)Oc1c(C)ccnc1C(=O)NC1COC(=O)C(CC)C(OC(=O)C(C)C)C(C)OC1=O. The van der Waals surface area contributed by atoms with Crippen molar-refractivity contribution in [1.29, 1.82) is 0 Å². The maximum Gasteiger partial charge on any atom is 0.513 e. The van der Waals surface area contributed by atoms with Crippen LogP contribution in [0.25, 0.3) is 0 Å². The van der Waals surface area contributed by atoms with Gasteiger partial charge in [-0.25, -0.2) is 14.6 Å². The van der Waals surface area contributed by atoms with Crippen LogP contribution < -0.4 is 10.1 Å². The van der Waals surface area contributed by atoms with Crippen molar-refractivity contribution in [2.45, 2.75) is 66.2 Å². The molecule has 12 heteroatoms. The highest BCUT2D eigenvalue weighted by molar-refractivity contribution is 5.98. The fraction of sp³-hybridized carbons (Fsp3) is 0.583. The molecule has 4 atom stereocenters. The molecule has 0 radical (unpaired) electrons. The van der Waals surface area contributed by atoms with E-state index in [0.717, 1.165) is 0 Å². The Morgan fingerprint density at radius 1 is 1.19 bits per heavy atom. The van der Waals surface area contributed by atoms with Crippen LogP contribution in [0.2, 0.25) is 0 Å². The topological polar surface area (TPSA) is 156 Å². The molecule has 0 bridgehead atoms. The number of ether oxygens (including phenoxy) is 5. The van der Waals surface area contributed by atoms with E-state index in [1.807, 2.05) is 0 Å². The maximum atomic E-state index is 13.0. The zero-order valence-electron chi connectivity index (χ0n) is 21.2. The van der Waals surface area contributed by atoms with Gasteiger partial charge in [-0.3, -0.25) is 14.4 Å². The third kappa shape index (κ3) is 7.15. The zero-order chi connectivity index (χ0) is 27.0. The van der Waals surface area contributed by atoms with Crippen LogP contribution in [-0.4, -0.2) is 66.4 Å². The molecule has 1 aliphatic rings. The molecule has 0 spiro atoms. The number of hydrogen-bond acceptors (Lipinski definition) is 11. The van der Waals surface area contributed by atoms with Gasteiger partial charge in [-0.2, -0.15) is 0 Å². The van der Waals surface area contributed by atoms with E-state index in [4.69, 9.17) is 23.7 Å². The molecule has 198 valence electrons. The number of pyridine rings is 1. The highest BCUT2D eigenvalue weighted by Crippen LogP contribution is 2.25. The molecule has 0 saturated carbocycles. The van der Waals surface area contributed by atoms with Crippen LogP contribution in [0.4, 0.5) is 4.79 Å². The van der Waals surface area contributed by atoms with Crippen LogP contribution in [0.5, 0.6) is 5.75 Å². The van der Waals surface area contributed by atoms with Crippen LogP contribution in [-0.2, 0) is 33.3 Å². The summed E-state index contributed by atoms with van der Waals surface area (Å²) >= 11 is 0. The minimum Gasteiger partial charge on any atom is -0.463 e. The van der Waals surface area contributed by atoms with E-state index in [2.05, 4.69) is 10.3 Å². The summed E-state index contributed by atoms with van der Waals surface area (Å²) in [4.78, 5) is 66.6. The van der Waals surface area contributed by atoms with E-state index in [0.29, 0.717) is 5.56 Å². The molecule has 1 aliphatic heterocycles. The monoisotopic (exact) mass is 508 g/mol. The molecule has 1 amide bonds. The van der Waals surface area contributed by atoms with Crippen molar-refractivity contribution < 1.29 is 47.7 Å². The van der Waals surface area contributed by atoms with Gasteiger partial charge < -0.3 is 29.0 Å². The summed E-state index contributed by atoms with van der Waals surface area (Å²) in [7, 11) is 0. The molecule has 1 aromatic rings. The number of rotatable bonds is 7. The Labute approximate surface area is 209 Å². The Morgan fingerprint density at radius 3 is 2.50 bits per heavy atom. The van der Waals surface area contributed by atoms with Crippen molar-refractivity contribution in [3.63, 3.8) is 0 Å². The van der Waals surface area contributed by atoms with E-state index in [1.165, 1.54) is 19.2 Å². The predicted octanol–water partition coefficient (Wildman–Crippen LogP) is 2.11. The average molecular weight is 509 g/mol. The van der Waals surface area contributed by atoms with E-state index < -0.39 is 66.7 Å². The number of nitrogens with zero attached hydrogens (tertiary/aromatic N) is 1. The lowest BCUT2D eigenvalue weighted by Crippen LogP contribution is -2.47. The Morgan fingerprint density at radius 2 is 1.89 bits per heavy atom. The summed E-state index contributed by atoms with van der Waals surface area (Å²) in [5.74, 6) is -4.55. The summed E-state index contributed by atoms with van der Waals surface area (Å²) in [6, 6.07) is 0.116. The second-order valence-electron chi connectivity index (χ2n) is 8.46. The predicted molar refractivity (Wildman–Crippen MR) is 123 cm³/mol. The van der Waals surface area contributed by atoms with Gasteiger partial charge in [0.05, 0.1) is 18.4 Å². The van der Waals surface area contributed by atoms with Crippen LogP contribution in [0.1, 0.15) is 57.1 Å². The van der Waals surface area contributed by atoms with E-state index in [-0.39, 0.29) is 24.5 Å². The molecular weight excluding hydrogens is 476 g/mol. The first-order valence-electron chi connectivity index (χ1n) is 11.7. The van der Waals surface area contributed by atoms with Gasteiger partial charge in [-0.15, -0.1) is 0 Å². The van der Waals surface area contributed by atoms with Gasteiger partial charge in [0.1, 0.15) is 12.7 Å². The number of aryl methyl sites for hydroxylation is 1. The van der Waals surface area contributed by atoms with Crippen molar-refractivity contribution in [3.8, 4) is 5.75 Å². The lowest BCUT2D eigenvalue weighted by molar-refractivity contribution is -0.176. The van der Waals surface area contributed by atoms with Crippen molar-refractivity contribution in [1.82, 2.24) is 10.3 Å². The number of esters is 3. The van der Waals surface area contributed by atoms with Crippen LogP contribution in [0, 0.1) is 18.8 Å². The lowest BCUT2D eigenvalue weighted by atomic mass is 9.95. The standard InChI is InChI=1S/C24H32N2O10/c1-7-15-19(35-21(28)12(3)4)14(6)34-23(30)16(11-33-22(15)29)26-20(27)17-18(13(5)9-10-25-17)36-24(31)32-8-2/h9-10,12,14-16,19H,7-8,11H2,1-6H3,(H,26,27). The molecule has 2 rings (SSSR count). The molecule has 0 aromatic carbocycles. The molecule has 0 aliphatic carbocycles. The summed E-state index contributed by atoms with van der Waals surface area (Å²) in [6.07, 6.45) is -1.52. The molecule has 1 saturated heterocycles. The third-order valence-corrected chi connectivity index (χ3v) is 5.37. The van der Waals surface area contributed by atoms with Crippen molar-refractivity contribution in [3.05, 3.63) is 23.5 Å². The second-order valence-corrected chi connectivity index (χ2v) is 8.46. The normalized spacial score (nSPS) is 22.3.